The second kappa shape index (κ2) is 12.8. The zero-order chi connectivity index (χ0) is 33.3. The van der Waals surface area contributed by atoms with Gasteiger partial charge in [-0.15, -0.1) is 0 Å². The Kier molecular flexibility index (Phi) is 7.53. The van der Waals surface area contributed by atoms with Crippen LogP contribution in [0.15, 0.2) is 205 Å². The SMILES string of the molecule is c1ccc(-c2ccccc2-c2ccccc2-c2ccc(N(c3ccccc3-c3cc4ccccc4o3)c3cccc4ccccc34)cc2)cc1. The van der Waals surface area contributed by atoms with E-state index in [1.54, 1.807) is 0 Å². The third-order valence-corrected chi connectivity index (χ3v) is 9.51. The first-order valence-electron chi connectivity index (χ1n) is 17.0. The van der Waals surface area contributed by atoms with Crippen LogP contribution in [0, 0.1) is 0 Å². The van der Waals surface area contributed by atoms with E-state index in [0.717, 1.165) is 44.9 Å². The highest BCUT2D eigenvalue weighted by Crippen LogP contribution is 2.45. The van der Waals surface area contributed by atoms with Crippen LogP contribution in [0.2, 0.25) is 0 Å². The molecule has 2 heteroatoms. The molecule has 0 amide bonds. The molecule has 0 aliphatic carbocycles. The van der Waals surface area contributed by atoms with Crippen molar-refractivity contribution in [2.24, 2.45) is 0 Å². The normalized spacial score (nSPS) is 11.2. The van der Waals surface area contributed by atoms with Crippen LogP contribution in [0.4, 0.5) is 17.1 Å². The van der Waals surface area contributed by atoms with Crippen LogP contribution in [0.5, 0.6) is 0 Å². The largest absolute Gasteiger partial charge is 0.456 e. The highest BCUT2D eigenvalue weighted by atomic mass is 16.3. The minimum absolute atomic E-state index is 0.842. The molecule has 2 nitrogen and oxygen atoms in total. The number of anilines is 3. The van der Waals surface area contributed by atoms with Crippen LogP contribution >= 0.6 is 0 Å². The van der Waals surface area contributed by atoms with E-state index in [4.69, 9.17) is 4.42 Å². The quantitative estimate of drug-likeness (QED) is 0.173. The summed E-state index contributed by atoms with van der Waals surface area (Å²) in [4.78, 5) is 2.37. The van der Waals surface area contributed by atoms with E-state index >= 15 is 0 Å². The summed E-state index contributed by atoms with van der Waals surface area (Å²) in [6, 6.07) is 71.0. The average Bonchev–Trinajstić information content (AvgIpc) is 3.63. The Labute approximate surface area is 292 Å². The molecule has 0 atom stereocenters. The maximum absolute atomic E-state index is 6.45. The van der Waals surface area contributed by atoms with Crippen molar-refractivity contribution in [3.05, 3.63) is 200 Å². The molecule has 0 radical (unpaired) electrons. The van der Waals surface area contributed by atoms with Crippen molar-refractivity contribution in [3.63, 3.8) is 0 Å². The summed E-state index contributed by atoms with van der Waals surface area (Å²) in [5.41, 5.74) is 12.4. The second-order valence-corrected chi connectivity index (χ2v) is 12.5. The van der Waals surface area contributed by atoms with Gasteiger partial charge < -0.3 is 9.32 Å². The van der Waals surface area contributed by atoms with Crippen molar-refractivity contribution in [2.45, 2.75) is 0 Å². The Bertz CT molecular complexity index is 2560. The summed E-state index contributed by atoms with van der Waals surface area (Å²) < 4.78 is 6.45. The van der Waals surface area contributed by atoms with E-state index in [-0.39, 0.29) is 0 Å². The Balaban J connectivity index is 1.19. The smallest absolute Gasteiger partial charge is 0.137 e. The molecule has 1 heterocycles. The Morgan fingerprint density at radius 1 is 0.340 bits per heavy atom. The van der Waals surface area contributed by atoms with Crippen LogP contribution in [-0.2, 0) is 0 Å². The third-order valence-electron chi connectivity index (χ3n) is 9.51. The highest BCUT2D eigenvalue weighted by molar-refractivity contribution is 6.01. The number of nitrogens with zero attached hydrogens (tertiary/aromatic N) is 1. The van der Waals surface area contributed by atoms with Gasteiger partial charge in [-0.05, 0) is 81.2 Å². The fourth-order valence-corrected chi connectivity index (χ4v) is 7.15. The van der Waals surface area contributed by atoms with E-state index in [1.165, 1.54) is 38.6 Å². The van der Waals surface area contributed by atoms with E-state index in [1.807, 2.05) is 12.1 Å². The van der Waals surface area contributed by atoms with Gasteiger partial charge in [0, 0.05) is 22.0 Å². The maximum atomic E-state index is 6.45. The Morgan fingerprint density at radius 2 is 0.860 bits per heavy atom. The first-order chi connectivity index (χ1) is 24.8. The summed E-state index contributed by atoms with van der Waals surface area (Å²) in [7, 11) is 0. The summed E-state index contributed by atoms with van der Waals surface area (Å²) >= 11 is 0. The van der Waals surface area contributed by atoms with Crippen molar-refractivity contribution >= 4 is 38.8 Å². The minimum atomic E-state index is 0.842. The van der Waals surface area contributed by atoms with Crippen molar-refractivity contribution < 1.29 is 4.42 Å². The molecule has 0 fully saturated rings. The first kappa shape index (κ1) is 29.5. The molecule has 0 spiro atoms. The molecular weight excluding hydrogens is 607 g/mol. The number of hydrogen-bond acceptors (Lipinski definition) is 2. The van der Waals surface area contributed by atoms with Gasteiger partial charge in [-0.1, -0.05) is 158 Å². The van der Waals surface area contributed by atoms with Crippen LogP contribution in [0.3, 0.4) is 0 Å². The molecule has 0 bridgehead atoms. The lowest BCUT2D eigenvalue weighted by molar-refractivity contribution is 0.631. The first-order valence-corrected chi connectivity index (χ1v) is 17.0. The summed E-state index contributed by atoms with van der Waals surface area (Å²) in [5.74, 6) is 0.842. The third kappa shape index (κ3) is 5.34. The molecule has 0 aliphatic heterocycles. The lowest BCUT2D eigenvalue weighted by Crippen LogP contribution is -2.11. The van der Waals surface area contributed by atoms with E-state index in [0.29, 0.717) is 0 Å². The van der Waals surface area contributed by atoms with Crippen LogP contribution in [-0.4, -0.2) is 0 Å². The molecule has 0 aliphatic rings. The van der Waals surface area contributed by atoms with Crippen LogP contribution < -0.4 is 4.90 Å². The van der Waals surface area contributed by atoms with Gasteiger partial charge in [0.2, 0.25) is 0 Å². The minimum Gasteiger partial charge on any atom is -0.456 e. The van der Waals surface area contributed by atoms with Crippen molar-refractivity contribution in [1.29, 1.82) is 0 Å². The van der Waals surface area contributed by atoms with Crippen molar-refractivity contribution in [3.8, 4) is 44.7 Å². The van der Waals surface area contributed by atoms with E-state index in [2.05, 4.69) is 193 Å². The molecule has 0 saturated carbocycles. The fourth-order valence-electron chi connectivity index (χ4n) is 7.15. The van der Waals surface area contributed by atoms with Crippen LogP contribution in [0.25, 0.3) is 66.4 Å². The highest BCUT2D eigenvalue weighted by Gasteiger charge is 2.21. The molecular formula is C48H33NO. The molecule has 0 unspecified atom stereocenters. The lowest BCUT2D eigenvalue weighted by Gasteiger charge is -2.28. The number of furan rings is 1. The van der Waals surface area contributed by atoms with Crippen molar-refractivity contribution in [2.75, 3.05) is 4.90 Å². The zero-order valence-corrected chi connectivity index (χ0v) is 27.4. The Morgan fingerprint density at radius 3 is 1.58 bits per heavy atom. The van der Waals surface area contributed by atoms with E-state index < -0.39 is 0 Å². The van der Waals surface area contributed by atoms with Gasteiger partial charge in [-0.2, -0.15) is 0 Å². The van der Waals surface area contributed by atoms with Crippen molar-refractivity contribution in [1.82, 2.24) is 0 Å². The van der Waals surface area contributed by atoms with Gasteiger partial charge in [-0.25, -0.2) is 0 Å². The molecule has 9 aromatic rings. The zero-order valence-electron chi connectivity index (χ0n) is 27.4. The molecule has 0 saturated heterocycles. The fraction of sp³-hybridized carbons (Fsp3) is 0. The number of fused-ring (bicyclic) bond motifs is 2. The predicted octanol–water partition coefficient (Wildman–Crippen LogP) is 13.7. The topological polar surface area (TPSA) is 16.4 Å². The second-order valence-electron chi connectivity index (χ2n) is 12.5. The number of benzene rings is 8. The molecule has 8 aromatic carbocycles. The van der Waals surface area contributed by atoms with Gasteiger partial charge in [0.15, 0.2) is 0 Å². The van der Waals surface area contributed by atoms with Gasteiger partial charge in [-0.3, -0.25) is 0 Å². The van der Waals surface area contributed by atoms with Gasteiger partial charge >= 0.3 is 0 Å². The van der Waals surface area contributed by atoms with Crippen LogP contribution in [0.1, 0.15) is 0 Å². The number of rotatable bonds is 7. The van der Waals surface area contributed by atoms with Gasteiger partial charge in [0.25, 0.3) is 0 Å². The summed E-state index contributed by atoms with van der Waals surface area (Å²) in [6.07, 6.45) is 0. The monoisotopic (exact) mass is 639 g/mol. The summed E-state index contributed by atoms with van der Waals surface area (Å²) in [5, 5.41) is 3.46. The van der Waals surface area contributed by atoms with E-state index in [9.17, 15) is 0 Å². The molecule has 1 aromatic heterocycles. The molecule has 236 valence electrons. The molecule has 0 N–H and O–H groups in total. The number of para-hydroxylation sites is 2. The average molecular weight is 640 g/mol. The molecule has 9 rings (SSSR count). The number of hydrogen-bond donors (Lipinski definition) is 0. The van der Waals surface area contributed by atoms with Gasteiger partial charge in [0.05, 0.1) is 11.4 Å². The maximum Gasteiger partial charge on any atom is 0.137 e. The standard InChI is InChI=1S/C48H33NO/c1-2-15-34(16-3-1)39-20-7-9-23-42(39)43-24-10-8-21-40(43)36-29-31-38(32-30-36)49(45-27-14-19-35-17-4-6-22-41(35)45)46-26-12-11-25-44(46)48-33-37-18-5-13-28-47(37)50-48/h1-33H. The summed E-state index contributed by atoms with van der Waals surface area (Å²) in [6.45, 7) is 0. The predicted molar refractivity (Wildman–Crippen MR) is 210 cm³/mol. The Hall–Kier alpha value is -6.64. The molecule has 50 heavy (non-hydrogen) atoms. The lowest BCUT2D eigenvalue weighted by atomic mass is 9.89. The van der Waals surface area contributed by atoms with Gasteiger partial charge in [0.1, 0.15) is 11.3 Å².